The van der Waals surface area contributed by atoms with E-state index in [1.54, 1.807) is 28.7 Å². The van der Waals surface area contributed by atoms with Gasteiger partial charge in [-0.2, -0.15) is 4.31 Å². The molecule has 1 aromatic carbocycles. The van der Waals surface area contributed by atoms with E-state index >= 15 is 0 Å². The highest BCUT2D eigenvalue weighted by Crippen LogP contribution is 2.41. The summed E-state index contributed by atoms with van der Waals surface area (Å²) in [6.07, 6.45) is 2.56. The van der Waals surface area contributed by atoms with Gasteiger partial charge in [0.25, 0.3) is 0 Å². The Morgan fingerprint density at radius 3 is 2.61 bits per heavy atom. The molecule has 1 spiro atoms. The molecule has 0 amide bonds. The third-order valence-corrected chi connectivity index (χ3v) is 7.97. The first-order chi connectivity index (χ1) is 14.8. The van der Waals surface area contributed by atoms with Crippen molar-refractivity contribution in [1.29, 1.82) is 0 Å². The molecule has 162 valence electrons. The van der Waals surface area contributed by atoms with Crippen LogP contribution in [0.25, 0.3) is 22.5 Å². The summed E-state index contributed by atoms with van der Waals surface area (Å²) in [5, 5.41) is 3.91. The van der Waals surface area contributed by atoms with Gasteiger partial charge in [-0.3, -0.25) is 0 Å². The molecular weight excluding hydrogens is 416 g/mol. The molecule has 0 atom stereocenters. The van der Waals surface area contributed by atoms with Gasteiger partial charge in [0.1, 0.15) is 5.82 Å². The van der Waals surface area contributed by atoms with Crippen LogP contribution in [0.1, 0.15) is 17.7 Å². The zero-order valence-electron chi connectivity index (χ0n) is 17.5. The van der Waals surface area contributed by atoms with E-state index in [2.05, 4.69) is 10.1 Å². The first-order valence-corrected chi connectivity index (χ1v) is 11.6. The molecule has 2 aromatic heterocycles. The lowest BCUT2D eigenvalue weighted by Crippen LogP contribution is -2.58. The van der Waals surface area contributed by atoms with Crippen LogP contribution in [0.5, 0.6) is 0 Å². The summed E-state index contributed by atoms with van der Waals surface area (Å²) in [4.78, 5) is 4.57. The topological polar surface area (TPSA) is 112 Å². The lowest BCUT2D eigenvalue weighted by molar-refractivity contribution is 0.0512. The molecule has 2 fully saturated rings. The summed E-state index contributed by atoms with van der Waals surface area (Å²) in [6.45, 7) is 6.14. The van der Waals surface area contributed by atoms with Crippen molar-refractivity contribution in [2.45, 2.75) is 25.2 Å². The summed E-state index contributed by atoms with van der Waals surface area (Å²) in [5.74, 6) is 0.849. The first kappa shape index (κ1) is 20.2. The van der Waals surface area contributed by atoms with Gasteiger partial charge in [0, 0.05) is 42.9 Å². The van der Waals surface area contributed by atoms with Gasteiger partial charge in [-0.05, 0) is 49.6 Å². The van der Waals surface area contributed by atoms with Crippen molar-refractivity contribution in [2.24, 2.45) is 5.41 Å². The van der Waals surface area contributed by atoms with E-state index in [9.17, 15) is 8.42 Å². The Labute approximate surface area is 181 Å². The fraction of sp³-hybridized carbons (Fsp3) is 0.364. The van der Waals surface area contributed by atoms with E-state index in [0.29, 0.717) is 43.4 Å². The van der Waals surface area contributed by atoms with Crippen molar-refractivity contribution in [1.82, 2.24) is 14.4 Å². The van der Waals surface area contributed by atoms with Gasteiger partial charge < -0.3 is 15.0 Å². The predicted molar refractivity (Wildman–Crippen MR) is 116 cm³/mol. The minimum absolute atomic E-state index is 0.00835. The Morgan fingerprint density at radius 2 is 1.94 bits per heavy atom. The average molecular weight is 441 g/mol. The maximum absolute atomic E-state index is 13.2. The Kier molecular flexibility index (Phi) is 4.65. The second-order valence-electron chi connectivity index (χ2n) is 8.54. The Bertz CT molecular complexity index is 1250. The van der Waals surface area contributed by atoms with Crippen LogP contribution in [0.15, 0.2) is 45.9 Å². The molecule has 8 nitrogen and oxygen atoms in total. The lowest BCUT2D eigenvalue weighted by atomic mass is 9.81. The van der Waals surface area contributed by atoms with E-state index in [1.807, 2.05) is 26.0 Å². The number of aryl methyl sites for hydroxylation is 2. The Hall–Kier alpha value is -2.75. The SMILES string of the molecule is Cc1cc(-c2cc(-c3cc(S(=O)(=O)N4CC5(CCOC5)C4)ccc3C)cnc2N)on1. The number of pyridine rings is 1. The quantitative estimate of drug-likeness (QED) is 0.664. The Morgan fingerprint density at radius 1 is 1.13 bits per heavy atom. The van der Waals surface area contributed by atoms with Gasteiger partial charge in [-0.15, -0.1) is 0 Å². The number of rotatable bonds is 4. The van der Waals surface area contributed by atoms with Gasteiger partial charge in [0.15, 0.2) is 5.76 Å². The molecule has 9 heteroatoms. The number of anilines is 1. The molecule has 4 heterocycles. The van der Waals surface area contributed by atoms with Crippen LogP contribution in [0.3, 0.4) is 0 Å². The zero-order valence-corrected chi connectivity index (χ0v) is 18.3. The molecule has 2 aliphatic rings. The normalized spacial score (nSPS) is 18.4. The van der Waals surface area contributed by atoms with Crippen molar-refractivity contribution < 1.29 is 17.7 Å². The lowest BCUT2D eigenvalue weighted by Gasteiger charge is -2.45. The number of ether oxygens (including phenoxy) is 1. The molecule has 0 bridgehead atoms. The number of benzene rings is 1. The highest BCUT2D eigenvalue weighted by atomic mass is 32.2. The largest absolute Gasteiger partial charge is 0.383 e. The molecule has 2 saturated heterocycles. The minimum Gasteiger partial charge on any atom is -0.383 e. The van der Waals surface area contributed by atoms with Crippen LogP contribution < -0.4 is 5.73 Å². The third kappa shape index (κ3) is 3.42. The second kappa shape index (κ2) is 7.15. The number of nitrogens with two attached hydrogens (primary N) is 1. The number of aromatic nitrogens is 2. The number of hydrogen-bond donors (Lipinski definition) is 1. The van der Waals surface area contributed by atoms with Crippen molar-refractivity contribution in [3.8, 4) is 22.5 Å². The van der Waals surface area contributed by atoms with Crippen LogP contribution in [0.4, 0.5) is 5.82 Å². The summed E-state index contributed by atoms with van der Waals surface area (Å²) >= 11 is 0. The second-order valence-corrected chi connectivity index (χ2v) is 10.5. The van der Waals surface area contributed by atoms with Crippen LogP contribution in [-0.4, -0.2) is 49.2 Å². The number of nitrogens with zero attached hydrogens (tertiary/aromatic N) is 3. The molecule has 2 aliphatic heterocycles. The average Bonchev–Trinajstić information content (AvgIpc) is 3.37. The van der Waals surface area contributed by atoms with Gasteiger partial charge in [-0.1, -0.05) is 11.2 Å². The first-order valence-electron chi connectivity index (χ1n) is 10.2. The number of nitrogen functional groups attached to an aromatic ring is 1. The molecule has 2 N–H and O–H groups in total. The van der Waals surface area contributed by atoms with E-state index in [1.165, 1.54) is 0 Å². The summed E-state index contributed by atoms with van der Waals surface area (Å²) < 4.78 is 38.8. The molecule has 0 unspecified atom stereocenters. The van der Waals surface area contributed by atoms with Gasteiger partial charge in [0.2, 0.25) is 10.0 Å². The van der Waals surface area contributed by atoms with E-state index < -0.39 is 10.0 Å². The molecular formula is C22H24N4O4S. The monoisotopic (exact) mass is 440 g/mol. The predicted octanol–water partition coefficient (Wildman–Crippen LogP) is 3.01. The minimum atomic E-state index is -3.58. The maximum atomic E-state index is 13.2. The standard InChI is InChI=1S/C22H24N4O4S/c1-14-3-4-17(31(27,28)26-11-22(12-26)5-6-29-13-22)9-18(14)16-8-19(21(23)24-10-16)20-7-15(2)25-30-20/h3-4,7-10H,5-6,11-13H2,1-2H3,(H2,23,24). The number of hydrogen-bond acceptors (Lipinski definition) is 7. The molecule has 5 rings (SSSR count). The Balaban J connectivity index is 1.49. The van der Waals surface area contributed by atoms with Crippen LogP contribution in [-0.2, 0) is 14.8 Å². The fourth-order valence-electron chi connectivity index (χ4n) is 4.30. The highest BCUT2D eigenvalue weighted by molar-refractivity contribution is 7.89. The van der Waals surface area contributed by atoms with E-state index in [4.69, 9.17) is 15.0 Å². The van der Waals surface area contributed by atoms with Gasteiger partial charge in [0.05, 0.1) is 22.8 Å². The summed E-state index contributed by atoms with van der Waals surface area (Å²) in [5.41, 5.74) is 9.89. The molecule has 3 aromatic rings. The van der Waals surface area contributed by atoms with Crippen molar-refractivity contribution >= 4 is 15.8 Å². The van der Waals surface area contributed by atoms with Crippen LogP contribution >= 0.6 is 0 Å². The van der Waals surface area contributed by atoms with Crippen LogP contribution in [0.2, 0.25) is 0 Å². The third-order valence-electron chi connectivity index (χ3n) is 6.18. The molecule has 0 aliphatic carbocycles. The van der Waals surface area contributed by atoms with E-state index in [-0.39, 0.29) is 10.3 Å². The summed E-state index contributed by atoms with van der Waals surface area (Å²) in [6, 6.07) is 8.84. The molecule has 31 heavy (non-hydrogen) atoms. The smallest absolute Gasteiger partial charge is 0.243 e. The van der Waals surface area contributed by atoms with Gasteiger partial charge in [-0.25, -0.2) is 13.4 Å². The van der Waals surface area contributed by atoms with Crippen molar-refractivity contribution in [3.05, 3.63) is 47.8 Å². The molecule has 0 saturated carbocycles. The van der Waals surface area contributed by atoms with Gasteiger partial charge >= 0.3 is 0 Å². The summed E-state index contributed by atoms with van der Waals surface area (Å²) in [7, 11) is -3.58. The van der Waals surface area contributed by atoms with Crippen molar-refractivity contribution in [2.75, 3.05) is 32.0 Å². The van der Waals surface area contributed by atoms with Crippen LogP contribution in [0, 0.1) is 19.3 Å². The zero-order chi connectivity index (χ0) is 21.8. The van der Waals surface area contributed by atoms with E-state index in [0.717, 1.165) is 28.8 Å². The maximum Gasteiger partial charge on any atom is 0.243 e. The van der Waals surface area contributed by atoms with Crippen molar-refractivity contribution in [3.63, 3.8) is 0 Å². The highest BCUT2D eigenvalue weighted by Gasteiger charge is 2.50. The molecule has 0 radical (unpaired) electrons. The fourth-order valence-corrected chi connectivity index (χ4v) is 6.00. The number of sulfonamides is 1.